The Bertz CT molecular complexity index is 1490. The fraction of sp³-hybridized carbons (Fsp3) is 0.286. The molecule has 1 atom stereocenters. The molecule has 1 aromatic heterocycles. The summed E-state index contributed by atoms with van der Waals surface area (Å²) in [4.78, 5) is 16.1. The third kappa shape index (κ3) is 4.73. The number of esters is 1. The van der Waals surface area contributed by atoms with E-state index in [9.17, 15) is 18.0 Å². The average Bonchev–Trinajstić information content (AvgIpc) is 3.41. The van der Waals surface area contributed by atoms with Crippen molar-refractivity contribution in [1.82, 2.24) is 9.55 Å². The number of halogens is 3. The summed E-state index contributed by atoms with van der Waals surface area (Å²) in [5.74, 6) is 1.08. The molecule has 4 aromatic rings. The van der Waals surface area contributed by atoms with Crippen LogP contribution in [0, 0.1) is 13.8 Å². The van der Waals surface area contributed by atoms with E-state index in [-0.39, 0.29) is 18.3 Å². The molecular formula is C28H26F3N3O3. The van der Waals surface area contributed by atoms with Gasteiger partial charge in [0.05, 0.1) is 42.4 Å². The monoisotopic (exact) mass is 509 g/mol. The second kappa shape index (κ2) is 9.46. The Morgan fingerprint density at radius 1 is 1.16 bits per heavy atom. The van der Waals surface area contributed by atoms with Gasteiger partial charge in [0.2, 0.25) is 0 Å². The van der Waals surface area contributed by atoms with Crippen molar-refractivity contribution in [1.29, 1.82) is 0 Å². The number of imidazole rings is 1. The maximum Gasteiger partial charge on any atom is 0.416 e. The van der Waals surface area contributed by atoms with Crippen molar-refractivity contribution in [2.24, 2.45) is 0 Å². The molecule has 3 aromatic carbocycles. The van der Waals surface area contributed by atoms with Gasteiger partial charge in [0, 0.05) is 29.8 Å². The number of ether oxygens (including phenoxy) is 2. The van der Waals surface area contributed by atoms with E-state index in [1.54, 1.807) is 6.92 Å². The van der Waals surface area contributed by atoms with Gasteiger partial charge in [-0.3, -0.25) is 9.36 Å². The topological polar surface area (TPSA) is 65.4 Å². The third-order valence-corrected chi connectivity index (χ3v) is 6.82. The molecule has 5 rings (SSSR count). The Balaban J connectivity index is 1.38. The highest BCUT2D eigenvalue weighted by atomic mass is 19.4. The number of carbonyl (C=O) groups is 1. The molecule has 6 nitrogen and oxygen atoms in total. The van der Waals surface area contributed by atoms with E-state index in [0.717, 1.165) is 45.9 Å². The van der Waals surface area contributed by atoms with E-state index in [4.69, 9.17) is 9.47 Å². The highest BCUT2D eigenvalue weighted by molar-refractivity contribution is 5.79. The molecule has 0 bridgehead atoms. The number of carbonyl (C=O) groups excluding carboxylic acids is 1. The van der Waals surface area contributed by atoms with Crippen LogP contribution in [-0.4, -0.2) is 29.2 Å². The predicted molar refractivity (Wildman–Crippen MR) is 134 cm³/mol. The minimum Gasteiger partial charge on any atom is -0.493 e. The Kier molecular flexibility index (Phi) is 6.31. The molecule has 0 spiro atoms. The van der Waals surface area contributed by atoms with Crippen LogP contribution >= 0.6 is 0 Å². The molecule has 0 aliphatic carbocycles. The number of aromatic nitrogens is 2. The first-order valence-corrected chi connectivity index (χ1v) is 11.9. The van der Waals surface area contributed by atoms with E-state index in [1.807, 2.05) is 47.9 Å². The normalized spacial score (nSPS) is 14.9. The Morgan fingerprint density at radius 2 is 1.97 bits per heavy atom. The molecule has 9 heteroatoms. The van der Waals surface area contributed by atoms with Crippen LogP contribution in [0.4, 0.5) is 18.9 Å². The molecule has 192 valence electrons. The van der Waals surface area contributed by atoms with Crippen LogP contribution in [0.2, 0.25) is 0 Å². The third-order valence-electron chi connectivity index (χ3n) is 6.82. The number of benzene rings is 3. The number of nitrogens with one attached hydrogen (secondary N) is 1. The van der Waals surface area contributed by atoms with Crippen LogP contribution in [0.1, 0.15) is 40.4 Å². The second-order valence-electron chi connectivity index (χ2n) is 9.15. The predicted octanol–water partition coefficient (Wildman–Crippen LogP) is 6.31. The molecule has 2 heterocycles. The van der Waals surface area contributed by atoms with Crippen molar-refractivity contribution in [3.63, 3.8) is 0 Å². The number of hydrogen-bond acceptors (Lipinski definition) is 5. The lowest BCUT2D eigenvalue weighted by atomic mass is 9.97. The van der Waals surface area contributed by atoms with Gasteiger partial charge < -0.3 is 14.8 Å². The number of nitrogens with zero attached hydrogens (tertiary/aromatic N) is 2. The summed E-state index contributed by atoms with van der Waals surface area (Å²) in [6.07, 6.45) is -4.14. The number of rotatable bonds is 6. The van der Waals surface area contributed by atoms with Crippen LogP contribution in [0.3, 0.4) is 0 Å². The summed E-state index contributed by atoms with van der Waals surface area (Å²) in [6, 6.07) is 15.4. The van der Waals surface area contributed by atoms with Gasteiger partial charge in [0.25, 0.3) is 0 Å². The van der Waals surface area contributed by atoms with Gasteiger partial charge in [-0.05, 0) is 55.3 Å². The fourth-order valence-corrected chi connectivity index (χ4v) is 4.82. The molecule has 1 unspecified atom stereocenters. The molecule has 0 saturated carbocycles. The molecular weight excluding hydrogens is 483 g/mol. The van der Waals surface area contributed by atoms with Gasteiger partial charge >= 0.3 is 12.1 Å². The average molecular weight is 510 g/mol. The van der Waals surface area contributed by atoms with Gasteiger partial charge in [-0.2, -0.15) is 13.2 Å². The Labute approximate surface area is 212 Å². The number of anilines is 1. The summed E-state index contributed by atoms with van der Waals surface area (Å²) in [5.41, 5.74) is 4.98. The quantitative estimate of drug-likeness (QED) is 0.309. The van der Waals surface area contributed by atoms with Crippen molar-refractivity contribution in [3.05, 3.63) is 82.7 Å². The summed E-state index contributed by atoms with van der Waals surface area (Å²) in [6.45, 7) is 4.76. The number of methoxy groups -OCH3 is 1. The fourth-order valence-electron chi connectivity index (χ4n) is 4.82. The lowest BCUT2D eigenvalue weighted by Gasteiger charge is -2.16. The summed E-state index contributed by atoms with van der Waals surface area (Å²) in [7, 11) is 1.38. The molecule has 0 radical (unpaired) electrons. The first-order chi connectivity index (χ1) is 17.7. The van der Waals surface area contributed by atoms with Gasteiger partial charge in [-0.15, -0.1) is 0 Å². The van der Waals surface area contributed by atoms with Crippen LogP contribution in [0.5, 0.6) is 5.75 Å². The minimum absolute atomic E-state index is 0.0177. The molecule has 0 amide bonds. The number of aryl methyl sites for hydroxylation is 1. The van der Waals surface area contributed by atoms with Gasteiger partial charge in [0.15, 0.2) is 0 Å². The van der Waals surface area contributed by atoms with Gasteiger partial charge in [-0.25, -0.2) is 4.98 Å². The van der Waals surface area contributed by atoms with E-state index in [0.29, 0.717) is 30.0 Å². The molecule has 0 saturated heterocycles. The van der Waals surface area contributed by atoms with Crippen LogP contribution in [0.25, 0.3) is 16.7 Å². The zero-order chi connectivity index (χ0) is 26.3. The lowest BCUT2D eigenvalue weighted by molar-refractivity contribution is -0.141. The number of fused-ring (bicyclic) bond motifs is 2. The van der Waals surface area contributed by atoms with Crippen molar-refractivity contribution in [3.8, 4) is 11.4 Å². The van der Waals surface area contributed by atoms with Crippen molar-refractivity contribution >= 4 is 22.7 Å². The Morgan fingerprint density at radius 3 is 2.73 bits per heavy atom. The van der Waals surface area contributed by atoms with E-state index in [1.165, 1.54) is 13.2 Å². The largest absolute Gasteiger partial charge is 0.493 e. The van der Waals surface area contributed by atoms with Crippen LogP contribution in [-0.2, 0) is 22.3 Å². The van der Waals surface area contributed by atoms with Crippen molar-refractivity contribution in [2.75, 3.05) is 19.0 Å². The first kappa shape index (κ1) is 24.7. The van der Waals surface area contributed by atoms with E-state index < -0.39 is 11.7 Å². The SMILES string of the molecule is COC(=O)CC1COc2cc(NCc3cccc(-n4c(C)nc5cc(C(F)(F)F)ccc54)c3C)ccc21. The van der Waals surface area contributed by atoms with E-state index in [2.05, 4.69) is 10.3 Å². The molecule has 0 fully saturated rings. The molecule has 1 N–H and O–H groups in total. The summed E-state index contributed by atoms with van der Waals surface area (Å²) < 4.78 is 52.0. The molecule has 1 aliphatic rings. The minimum atomic E-state index is -4.42. The standard InChI is InChI=1S/C28H26F3N3O3/c1-16-18(14-32-21-8-9-22-19(11-27(35)36-3)15-37-26(22)13-21)5-4-6-24(16)34-17(2)33-23-12-20(28(29,30)31)7-10-25(23)34/h4-10,12-13,19,32H,11,14-15H2,1-3H3. The second-order valence-corrected chi connectivity index (χ2v) is 9.15. The molecule has 37 heavy (non-hydrogen) atoms. The van der Waals surface area contributed by atoms with Gasteiger partial charge in [-0.1, -0.05) is 18.2 Å². The van der Waals surface area contributed by atoms with Crippen molar-refractivity contribution < 1.29 is 27.4 Å². The number of alkyl halides is 3. The van der Waals surface area contributed by atoms with Gasteiger partial charge in [0.1, 0.15) is 11.6 Å². The zero-order valence-corrected chi connectivity index (χ0v) is 20.6. The Hall–Kier alpha value is -4.01. The maximum atomic E-state index is 13.2. The number of hydrogen-bond donors (Lipinski definition) is 1. The highest BCUT2D eigenvalue weighted by Gasteiger charge is 2.31. The van der Waals surface area contributed by atoms with E-state index >= 15 is 0 Å². The highest BCUT2D eigenvalue weighted by Crippen LogP contribution is 2.38. The van der Waals surface area contributed by atoms with Crippen LogP contribution < -0.4 is 10.1 Å². The summed E-state index contributed by atoms with van der Waals surface area (Å²) in [5, 5.41) is 3.43. The summed E-state index contributed by atoms with van der Waals surface area (Å²) >= 11 is 0. The smallest absolute Gasteiger partial charge is 0.416 e. The molecule has 1 aliphatic heterocycles. The zero-order valence-electron chi connectivity index (χ0n) is 20.6. The lowest BCUT2D eigenvalue weighted by Crippen LogP contribution is -2.09. The van der Waals surface area contributed by atoms with Crippen molar-refractivity contribution in [2.45, 2.75) is 38.9 Å². The van der Waals surface area contributed by atoms with Crippen LogP contribution in [0.15, 0.2) is 54.6 Å². The first-order valence-electron chi connectivity index (χ1n) is 11.9. The maximum absolute atomic E-state index is 13.2.